The van der Waals surface area contributed by atoms with Crippen molar-refractivity contribution >= 4 is 6.03 Å². The van der Waals surface area contributed by atoms with Gasteiger partial charge in [0.25, 0.3) is 0 Å². The SMILES string of the molecule is N#Cc1ccc(C(CNC(=O)NC2CCCC2)(c2ccccc2)c2cc(F)cc(C(F)(F)F)c2)nc1. The van der Waals surface area contributed by atoms with Crippen molar-refractivity contribution in [3.8, 4) is 6.07 Å². The number of carbonyl (C=O) groups excluding carboxylic acids is 1. The first-order valence-corrected chi connectivity index (χ1v) is 11.6. The number of hydrogen-bond donors (Lipinski definition) is 2. The molecule has 2 aromatic carbocycles. The number of pyridine rings is 1. The maximum atomic E-state index is 14.6. The molecule has 2 amide bonds. The molecule has 0 saturated heterocycles. The van der Waals surface area contributed by atoms with E-state index in [9.17, 15) is 27.6 Å². The number of nitrogens with one attached hydrogen (secondary N) is 2. The molecule has 1 atom stereocenters. The van der Waals surface area contributed by atoms with Crippen LogP contribution in [0.5, 0.6) is 0 Å². The summed E-state index contributed by atoms with van der Waals surface area (Å²) in [6, 6.07) is 15.4. The average Bonchev–Trinajstić information content (AvgIpc) is 3.37. The van der Waals surface area contributed by atoms with Crippen LogP contribution in [0.2, 0.25) is 0 Å². The minimum atomic E-state index is -4.79. The molecule has 1 aliphatic rings. The lowest BCUT2D eigenvalue weighted by Crippen LogP contribution is -2.48. The van der Waals surface area contributed by atoms with Crippen molar-refractivity contribution in [2.75, 3.05) is 6.54 Å². The highest BCUT2D eigenvalue weighted by Gasteiger charge is 2.41. The first-order chi connectivity index (χ1) is 17.2. The molecule has 1 saturated carbocycles. The van der Waals surface area contributed by atoms with Gasteiger partial charge >= 0.3 is 12.2 Å². The Balaban J connectivity index is 1.87. The van der Waals surface area contributed by atoms with E-state index in [1.807, 2.05) is 6.07 Å². The smallest absolute Gasteiger partial charge is 0.337 e. The van der Waals surface area contributed by atoms with E-state index in [0.717, 1.165) is 37.8 Å². The second-order valence-corrected chi connectivity index (χ2v) is 8.85. The van der Waals surface area contributed by atoms with Crippen LogP contribution in [-0.4, -0.2) is 23.6 Å². The number of amides is 2. The van der Waals surface area contributed by atoms with Gasteiger partial charge in [0.05, 0.1) is 22.2 Å². The van der Waals surface area contributed by atoms with Gasteiger partial charge in [-0.2, -0.15) is 18.4 Å². The van der Waals surface area contributed by atoms with E-state index in [2.05, 4.69) is 15.6 Å². The van der Waals surface area contributed by atoms with Crippen LogP contribution in [0.1, 0.15) is 53.6 Å². The van der Waals surface area contributed by atoms with Gasteiger partial charge in [-0.05, 0) is 54.3 Å². The number of hydrogen-bond acceptors (Lipinski definition) is 3. The summed E-state index contributed by atoms with van der Waals surface area (Å²) in [5.41, 5.74) is -1.65. The number of nitrogens with zero attached hydrogens (tertiary/aromatic N) is 2. The molecule has 1 aromatic heterocycles. The molecule has 1 heterocycles. The predicted molar refractivity (Wildman–Crippen MR) is 125 cm³/mol. The number of carbonyl (C=O) groups is 1. The summed E-state index contributed by atoms with van der Waals surface area (Å²) in [5, 5.41) is 14.9. The van der Waals surface area contributed by atoms with Crippen LogP contribution in [-0.2, 0) is 11.6 Å². The lowest BCUT2D eigenvalue weighted by molar-refractivity contribution is -0.137. The first-order valence-electron chi connectivity index (χ1n) is 11.6. The van der Waals surface area contributed by atoms with Crippen molar-refractivity contribution in [1.82, 2.24) is 15.6 Å². The van der Waals surface area contributed by atoms with Gasteiger partial charge in [-0.25, -0.2) is 9.18 Å². The number of rotatable bonds is 6. The van der Waals surface area contributed by atoms with E-state index in [0.29, 0.717) is 11.6 Å². The zero-order valence-corrected chi connectivity index (χ0v) is 19.3. The lowest BCUT2D eigenvalue weighted by atomic mass is 9.71. The van der Waals surface area contributed by atoms with Gasteiger partial charge in [0, 0.05) is 18.8 Å². The summed E-state index contributed by atoms with van der Waals surface area (Å²) in [7, 11) is 0. The Morgan fingerprint density at radius 2 is 1.69 bits per heavy atom. The van der Waals surface area contributed by atoms with Crippen LogP contribution in [0.3, 0.4) is 0 Å². The molecule has 5 nitrogen and oxygen atoms in total. The number of urea groups is 1. The van der Waals surface area contributed by atoms with E-state index in [1.54, 1.807) is 30.3 Å². The van der Waals surface area contributed by atoms with E-state index in [4.69, 9.17) is 0 Å². The largest absolute Gasteiger partial charge is 0.416 e. The van der Waals surface area contributed by atoms with Crippen molar-refractivity contribution in [1.29, 1.82) is 5.26 Å². The van der Waals surface area contributed by atoms with Gasteiger partial charge in [0.2, 0.25) is 0 Å². The second-order valence-electron chi connectivity index (χ2n) is 8.85. The van der Waals surface area contributed by atoms with Gasteiger partial charge in [0.1, 0.15) is 11.9 Å². The normalized spacial score (nSPS) is 15.6. The Bertz CT molecular complexity index is 1250. The van der Waals surface area contributed by atoms with E-state index in [-0.39, 0.29) is 29.4 Å². The minimum Gasteiger partial charge on any atom is -0.337 e. The number of alkyl halides is 3. The van der Waals surface area contributed by atoms with Crippen molar-refractivity contribution in [3.63, 3.8) is 0 Å². The Hall–Kier alpha value is -3.93. The molecule has 1 aliphatic carbocycles. The quantitative estimate of drug-likeness (QED) is 0.431. The number of nitriles is 1. The number of aromatic nitrogens is 1. The maximum Gasteiger partial charge on any atom is 0.416 e. The van der Waals surface area contributed by atoms with Crippen LogP contribution in [0, 0.1) is 17.1 Å². The van der Waals surface area contributed by atoms with Crippen LogP contribution < -0.4 is 10.6 Å². The Morgan fingerprint density at radius 3 is 2.31 bits per heavy atom. The molecule has 4 rings (SSSR count). The van der Waals surface area contributed by atoms with Gasteiger partial charge in [-0.3, -0.25) is 4.98 Å². The molecule has 186 valence electrons. The van der Waals surface area contributed by atoms with Crippen LogP contribution in [0.15, 0.2) is 66.9 Å². The Morgan fingerprint density at radius 1 is 1.00 bits per heavy atom. The summed E-state index contributed by atoms with van der Waals surface area (Å²) in [5.74, 6) is -1.07. The first kappa shape index (κ1) is 25.2. The Labute approximate surface area is 206 Å². The number of halogens is 4. The molecule has 0 spiro atoms. The molecular formula is C27H24F4N4O. The van der Waals surface area contributed by atoms with E-state index < -0.39 is 29.0 Å². The zero-order chi connectivity index (χ0) is 25.8. The molecule has 9 heteroatoms. The van der Waals surface area contributed by atoms with Crippen molar-refractivity contribution in [2.45, 2.75) is 43.3 Å². The average molecular weight is 497 g/mol. The summed E-state index contributed by atoms with van der Waals surface area (Å²) in [6.45, 7) is -0.199. The summed E-state index contributed by atoms with van der Waals surface area (Å²) < 4.78 is 55.7. The predicted octanol–water partition coefficient (Wildman–Crippen LogP) is 5.69. The highest BCUT2D eigenvalue weighted by atomic mass is 19.4. The topological polar surface area (TPSA) is 77.8 Å². The van der Waals surface area contributed by atoms with Crippen LogP contribution >= 0.6 is 0 Å². The van der Waals surface area contributed by atoms with E-state index >= 15 is 0 Å². The third-order valence-corrected chi connectivity index (χ3v) is 6.52. The van der Waals surface area contributed by atoms with Crippen molar-refractivity contribution in [3.05, 3.63) is 101 Å². The zero-order valence-electron chi connectivity index (χ0n) is 19.3. The molecule has 0 radical (unpaired) electrons. The standard InChI is InChI=1S/C27H24F4N4O/c28-22-13-20(12-21(14-22)27(29,30)31)26(19-6-2-1-3-7-19,24-11-10-18(15-32)16-33-24)17-34-25(36)35-23-8-4-5-9-23/h1-3,6-7,10-14,16,23H,4-5,8-9,17H2,(H2,34,35,36). The third-order valence-electron chi connectivity index (χ3n) is 6.52. The number of benzene rings is 2. The Kier molecular flexibility index (Phi) is 7.25. The summed E-state index contributed by atoms with van der Waals surface area (Å²) >= 11 is 0. The monoisotopic (exact) mass is 496 g/mol. The molecule has 36 heavy (non-hydrogen) atoms. The van der Waals surface area contributed by atoms with Crippen LogP contribution in [0.25, 0.3) is 0 Å². The third kappa shape index (κ3) is 5.33. The molecule has 1 unspecified atom stereocenters. The fourth-order valence-corrected chi connectivity index (χ4v) is 4.71. The summed E-state index contributed by atoms with van der Waals surface area (Å²) in [4.78, 5) is 17.2. The lowest BCUT2D eigenvalue weighted by Gasteiger charge is -2.35. The van der Waals surface area contributed by atoms with Gasteiger partial charge in [-0.1, -0.05) is 43.2 Å². The molecule has 1 fully saturated rings. The molecule has 0 bridgehead atoms. The highest BCUT2D eigenvalue weighted by Crippen LogP contribution is 2.41. The minimum absolute atomic E-state index is 0.0233. The second kappa shape index (κ2) is 10.4. The maximum absolute atomic E-state index is 14.6. The fraction of sp³-hybridized carbons (Fsp3) is 0.296. The van der Waals surface area contributed by atoms with Crippen LogP contribution in [0.4, 0.5) is 22.4 Å². The van der Waals surface area contributed by atoms with E-state index in [1.165, 1.54) is 18.3 Å². The van der Waals surface area contributed by atoms with Crippen molar-refractivity contribution < 1.29 is 22.4 Å². The van der Waals surface area contributed by atoms with Crippen molar-refractivity contribution in [2.24, 2.45) is 0 Å². The highest BCUT2D eigenvalue weighted by molar-refractivity contribution is 5.74. The molecule has 0 aliphatic heterocycles. The summed E-state index contributed by atoms with van der Waals surface area (Å²) in [6.07, 6.45) is 0.246. The van der Waals surface area contributed by atoms with Gasteiger partial charge in [-0.15, -0.1) is 0 Å². The van der Waals surface area contributed by atoms with Gasteiger partial charge in [0.15, 0.2) is 0 Å². The van der Waals surface area contributed by atoms with Gasteiger partial charge < -0.3 is 10.6 Å². The fourth-order valence-electron chi connectivity index (χ4n) is 4.71. The molecule has 3 aromatic rings. The molecular weight excluding hydrogens is 472 g/mol. The molecule has 2 N–H and O–H groups in total.